The van der Waals surface area contributed by atoms with E-state index in [4.69, 9.17) is 20.9 Å². The minimum atomic E-state index is -1.41. The molecule has 194 valence electrons. The smallest absolute Gasteiger partial charge is 0.325 e. The first kappa shape index (κ1) is 27.1. The Morgan fingerprint density at radius 2 is 1.86 bits per heavy atom. The molecule has 0 fully saturated rings. The van der Waals surface area contributed by atoms with E-state index in [0.717, 1.165) is 11.0 Å². The summed E-state index contributed by atoms with van der Waals surface area (Å²) in [7, 11) is 1.46. The molecule has 1 unspecified atom stereocenters. The standard InChI is InChI=1S/C24H24FN5O6S/c1-3-36-17(31)12-28-23(33)20(13-7-9-16(35-2)10-8-13)30(15-6-4-5-14(25)11-15)24(34)21-18(26)19(22(27)32)29-37-21/h4-11,20H,3,12,26H2,1-2H3,(H2,27,32)(H,28,33). The Morgan fingerprint density at radius 3 is 2.43 bits per heavy atom. The van der Waals surface area contributed by atoms with Crippen LogP contribution in [-0.2, 0) is 14.3 Å². The Kier molecular flexibility index (Phi) is 8.74. The number of nitrogens with zero attached hydrogens (tertiary/aromatic N) is 2. The highest BCUT2D eigenvalue weighted by Crippen LogP contribution is 2.34. The third-order valence-corrected chi connectivity index (χ3v) is 5.96. The number of carbonyl (C=O) groups excluding carboxylic acids is 4. The summed E-state index contributed by atoms with van der Waals surface area (Å²) >= 11 is 0.608. The van der Waals surface area contributed by atoms with E-state index in [1.807, 2.05) is 0 Å². The van der Waals surface area contributed by atoms with Crippen molar-refractivity contribution in [3.05, 3.63) is 70.5 Å². The largest absolute Gasteiger partial charge is 0.497 e. The average molecular weight is 530 g/mol. The molecule has 3 amide bonds. The maximum absolute atomic E-state index is 14.3. The van der Waals surface area contributed by atoms with Gasteiger partial charge >= 0.3 is 5.97 Å². The predicted molar refractivity (Wildman–Crippen MR) is 134 cm³/mol. The molecule has 0 bridgehead atoms. The number of methoxy groups -OCH3 is 1. The Morgan fingerprint density at radius 1 is 1.16 bits per heavy atom. The molecule has 37 heavy (non-hydrogen) atoms. The number of hydrogen-bond donors (Lipinski definition) is 3. The predicted octanol–water partition coefficient (Wildman–Crippen LogP) is 2.04. The molecule has 3 aromatic rings. The molecule has 0 saturated heterocycles. The van der Waals surface area contributed by atoms with Crippen molar-refractivity contribution in [3.8, 4) is 5.75 Å². The van der Waals surface area contributed by atoms with E-state index >= 15 is 0 Å². The zero-order chi connectivity index (χ0) is 27.1. The zero-order valence-electron chi connectivity index (χ0n) is 19.9. The number of ether oxygens (including phenoxy) is 2. The second-order valence-corrected chi connectivity index (χ2v) is 8.27. The normalized spacial score (nSPS) is 11.3. The molecule has 0 radical (unpaired) electrons. The van der Waals surface area contributed by atoms with E-state index in [1.165, 1.54) is 37.4 Å². The third-order valence-electron chi connectivity index (χ3n) is 5.11. The van der Waals surface area contributed by atoms with Gasteiger partial charge in [-0.15, -0.1) is 0 Å². The number of nitrogens with one attached hydrogen (secondary N) is 1. The lowest BCUT2D eigenvalue weighted by molar-refractivity contribution is -0.143. The van der Waals surface area contributed by atoms with E-state index in [9.17, 15) is 23.6 Å². The SMILES string of the molecule is CCOC(=O)CNC(=O)C(c1ccc(OC)cc1)N(C(=O)c1snc(C(N)=O)c1N)c1cccc(F)c1. The maximum Gasteiger partial charge on any atom is 0.325 e. The summed E-state index contributed by atoms with van der Waals surface area (Å²) in [6.07, 6.45) is 0. The van der Waals surface area contributed by atoms with Crippen LogP contribution in [0.2, 0.25) is 0 Å². The van der Waals surface area contributed by atoms with Gasteiger partial charge < -0.3 is 26.3 Å². The number of esters is 1. The zero-order valence-corrected chi connectivity index (χ0v) is 20.7. The number of amides is 3. The Balaban J connectivity index is 2.16. The lowest BCUT2D eigenvalue weighted by Gasteiger charge is -2.31. The van der Waals surface area contributed by atoms with Gasteiger partial charge in [-0.3, -0.25) is 24.1 Å². The van der Waals surface area contributed by atoms with E-state index < -0.39 is 42.1 Å². The molecule has 0 spiro atoms. The summed E-state index contributed by atoms with van der Waals surface area (Å²) in [4.78, 5) is 51.7. The van der Waals surface area contributed by atoms with Crippen LogP contribution in [0.25, 0.3) is 0 Å². The van der Waals surface area contributed by atoms with Gasteiger partial charge in [0.15, 0.2) is 5.69 Å². The van der Waals surface area contributed by atoms with Gasteiger partial charge in [-0.05, 0) is 54.4 Å². The van der Waals surface area contributed by atoms with Gasteiger partial charge in [0.05, 0.1) is 19.4 Å². The third kappa shape index (κ3) is 6.19. The molecule has 0 aliphatic carbocycles. The molecule has 3 rings (SSSR count). The summed E-state index contributed by atoms with van der Waals surface area (Å²) in [5.41, 5.74) is 11.0. The van der Waals surface area contributed by atoms with Crippen LogP contribution in [0, 0.1) is 5.82 Å². The van der Waals surface area contributed by atoms with Gasteiger partial charge in [0, 0.05) is 5.69 Å². The molecule has 0 aliphatic heterocycles. The monoisotopic (exact) mass is 529 g/mol. The molecule has 1 heterocycles. The maximum atomic E-state index is 14.3. The number of carbonyl (C=O) groups is 4. The van der Waals surface area contributed by atoms with Gasteiger partial charge in [-0.2, -0.15) is 4.37 Å². The lowest BCUT2D eigenvalue weighted by Crippen LogP contribution is -2.45. The van der Waals surface area contributed by atoms with Crippen LogP contribution in [0.3, 0.4) is 0 Å². The van der Waals surface area contributed by atoms with Crippen LogP contribution < -0.4 is 26.4 Å². The van der Waals surface area contributed by atoms with Crippen LogP contribution >= 0.6 is 11.5 Å². The molecule has 1 atom stereocenters. The first-order valence-corrected chi connectivity index (χ1v) is 11.7. The molecule has 2 aromatic carbocycles. The minimum Gasteiger partial charge on any atom is -0.497 e. The second kappa shape index (κ2) is 11.9. The number of nitrogen functional groups attached to an aromatic ring is 1. The highest BCUT2D eigenvalue weighted by atomic mass is 32.1. The molecule has 1 aromatic heterocycles. The van der Waals surface area contributed by atoms with Crippen molar-refractivity contribution < 1.29 is 33.0 Å². The van der Waals surface area contributed by atoms with Crippen molar-refractivity contribution in [1.82, 2.24) is 9.69 Å². The van der Waals surface area contributed by atoms with Gasteiger partial charge in [0.25, 0.3) is 11.8 Å². The number of aromatic nitrogens is 1. The summed E-state index contributed by atoms with van der Waals surface area (Å²) in [5.74, 6) is -3.44. The van der Waals surface area contributed by atoms with Crippen LogP contribution in [0.1, 0.15) is 38.7 Å². The number of hydrogen-bond acceptors (Lipinski definition) is 9. The topological polar surface area (TPSA) is 167 Å². The fraction of sp³-hybridized carbons (Fsp3) is 0.208. The van der Waals surface area contributed by atoms with E-state index in [1.54, 1.807) is 19.1 Å². The van der Waals surface area contributed by atoms with Gasteiger partial charge in [0.1, 0.15) is 29.0 Å². The summed E-state index contributed by atoms with van der Waals surface area (Å²) in [6, 6.07) is 9.81. The Hall–Kier alpha value is -4.52. The van der Waals surface area contributed by atoms with Crippen LogP contribution in [0.15, 0.2) is 48.5 Å². The molecule has 0 aliphatic rings. The first-order chi connectivity index (χ1) is 17.7. The molecular weight excluding hydrogens is 505 g/mol. The van der Waals surface area contributed by atoms with Crippen molar-refractivity contribution in [3.63, 3.8) is 0 Å². The quantitative estimate of drug-likeness (QED) is 0.335. The van der Waals surface area contributed by atoms with Crippen molar-refractivity contribution in [1.29, 1.82) is 0 Å². The Bertz CT molecular complexity index is 1310. The van der Waals surface area contributed by atoms with Crippen molar-refractivity contribution >= 4 is 46.6 Å². The number of anilines is 2. The van der Waals surface area contributed by atoms with Gasteiger partial charge in [0.2, 0.25) is 5.91 Å². The van der Waals surface area contributed by atoms with Gasteiger partial charge in [-0.1, -0.05) is 18.2 Å². The number of nitrogens with two attached hydrogens (primary N) is 2. The van der Waals surface area contributed by atoms with Crippen LogP contribution in [-0.4, -0.2) is 48.3 Å². The lowest BCUT2D eigenvalue weighted by atomic mass is 10.0. The minimum absolute atomic E-state index is 0.00512. The van der Waals surface area contributed by atoms with Crippen molar-refractivity contribution in [2.75, 3.05) is 30.9 Å². The van der Waals surface area contributed by atoms with E-state index in [-0.39, 0.29) is 28.6 Å². The molecular formula is C24H24FN5O6S. The molecule has 5 N–H and O–H groups in total. The fourth-order valence-corrected chi connectivity index (χ4v) is 4.16. The van der Waals surface area contributed by atoms with E-state index in [2.05, 4.69) is 9.69 Å². The highest BCUT2D eigenvalue weighted by Gasteiger charge is 2.36. The second-order valence-electron chi connectivity index (χ2n) is 7.49. The average Bonchev–Trinajstić information content (AvgIpc) is 3.27. The molecule has 13 heteroatoms. The number of rotatable bonds is 10. The summed E-state index contributed by atoms with van der Waals surface area (Å²) in [5, 5.41) is 2.45. The van der Waals surface area contributed by atoms with E-state index in [0.29, 0.717) is 22.8 Å². The van der Waals surface area contributed by atoms with Crippen molar-refractivity contribution in [2.45, 2.75) is 13.0 Å². The number of benzene rings is 2. The van der Waals surface area contributed by atoms with Crippen molar-refractivity contribution in [2.24, 2.45) is 5.73 Å². The summed E-state index contributed by atoms with van der Waals surface area (Å²) < 4.78 is 28.2. The van der Waals surface area contributed by atoms with Gasteiger partial charge in [-0.25, -0.2) is 4.39 Å². The highest BCUT2D eigenvalue weighted by molar-refractivity contribution is 7.09. The molecule has 0 saturated carbocycles. The van der Waals surface area contributed by atoms with Crippen LogP contribution in [0.5, 0.6) is 5.75 Å². The van der Waals surface area contributed by atoms with Crippen LogP contribution in [0.4, 0.5) is 15.8 Å². The first-order valence-electron chi connectivity index (χ1n) is 10.9. The summed E-state index contributed by atoms with van der Waals surface area (Å²) in [6.45, 7) is 1.25. The fourth-order valence-electron chi connectivity index (χ4n) is 3.42. The molecule has 11 nitrogen and oxygen atoms in total. The Labute approximate surface area is 215 Å². The number of primary amides is 1. The number of halogens is 1.